The second-order valence-corrected chi connectivity index (χ2v) is 6.46. The van der Waals surface area contributed by atoms with Crippen molar-refractivity contribution in [1.82, 2.24) is 14.5 Å². The van der Waals surface area contributed by atoms with Gasteiger partial charge in [-0.15, -0.1) is 0 Å². The lowest BCUT2D eigenvalue weighted by Gasteiger charge is -2.11. The summed E-state index contributed by atoms with van der Waals surface area (Å²) in [6, 6.07) is 17.0. The molecule has 4 rings (SSSR count). The Morgan fingerprint density at radius 1 is 0.963 bits per heavy atom. The quantitative estimate of drug-likeness (QED) is 0.443. The number of nitrogens with zero attached hydrogens (tertiary/aromatic N) is 3. The number of rotatable bonds is 3. The zero-order chi connectivity index (χ0) is 19.0. The summed E-state index contributed by atoms with van der Waals surface area (Å²) < 4.78 is 42.4. The average Bonchev–Trinajstić information content (AvgIpc) is 3.05. The van der Waals surface area contributed by atoms with Crippen LogP contribution in [0, 0.1) is 0 Å². The van der Waals surface area contributed by atoms with Gasteiger partial charge in [0.05, 0.1) is 24.1 Å². The van der Waals surface area contributed by atoms with Crippen molar-refractivity contribution in [3.8, 4) is 11.3 Å². The summed E-state index contributed by atoms with van der Waals surface area (Å²) in [6.45, 7) is 0.277. The molecule has 0 aliphatic heterocycles. The van der Waals surface area contributed by atoms with Crippen molar-refractivity contribution < 1.29 is 13.2 Å². The maximum atomic E-state index is 13.6. The van der Waals surface area contributed by atoms with Gasteiger partial charge in [-0.05, 0) is 17.7 Å². The average molecular weight is 388 g/mol. The summed E-state index contributed by atoms with van der Waals surface area (Å²) in [5, 5.41) is 0.537. The van der Waals surface area contributed by atoms with E-state index in [1.54, 1.807) is 47.0 Å². The molecule has 0 amide bonds. The monoisotopic (exact) mass is 387 g/mol. The number of benzene rings is 2. The first kappa shape index (κ1) is 17.5. The second-order valence-electron chi connectivity index (χ2n) is 6.05. The predicted molar refractivity (Wildman–Crippen MR) is 98.5 cm³/mol. The summed E-state index contributed by atoms with van der Waals surface area (Å²) in [5.74, 6) is 0. The van der Waals surface area contributed by atoms with E-state index in [2.05, 4.69) is 9.97 Å². The van der Waals surface area contributed by atoms with E-state index < -0.39 is 11.7 Å². The molecule has 2 heterocycles. The molecule has 3 nitrogen and oxygen atoms in total. The minimum atomic E-state index is -4.53. The first-order chi connectivity index (χ1) is 12.9. The third kappa shape index (κ3) is 3.40. The van der Waals surface area contributed by atoms with E-state index in [9.17, 15) is 13.2 Å². The smallest absolute Gasteiger partial charge is 0.311 e. The van der Waals surface area contributed by atoms with Crippen molar-refractivity contribution >= 4 is 22.8 Å². The largest absolute Gasteiger partial charge is 0.418 e. The van der Waals surface area contributed by atoms with E-state index in [0.29, 0.717) is 10.6 Å². The Hall–Kier alpha value is -2.86. The first-order valence-corrected chi connectivity index (χ1v) is 8.53. The van der Waals surface area contributed by atoms with Gasteiger partial charge in [-0.3, -0.25) is 0 Å². The maximum absolute atomic E-state index is 13.6. The van der Waals surface area contributed by atoms with E-state index in [-0.39, 0.29) is 23.4 Å². The summed E-state index contributed by atoms with van der Waals surface area (Å²) in [7, 11) is 0. The van der Waals surface area contributed by atoms with Crippen LogP contribution >= 0.6 is 11.6 Å². The van der Waals surface area contributed by atoms with Gasteiger partial charge in [0.2, 0.25) is 0 Å². The molecule has 0 aliphatic rings. The molecule has 136 valence electrons. The number of imidazole rings is 1. The van der Waals surface area contributed by atoms with Gasteiger partial charge >= 0.3 is 6.18 Å². The highest BCUT2D eigenvalue weighted by atomic mass is 35.5. The van der Waals surface area contributed by atoms with E-state index in [4.69, 9.17) is 11.6 Å². The number of aromatic nitrogens is 3. The molecule has 27 heavy (non-hydrogen) atoms. The van der Waals surface area contributed by atoms with Gasteiger partial charge < -0.3 is 4.57 Å². The van der Waals surface area contributed by atoms with Crippen molar-refractivity contribution in [2.75, 3.05) is 0 Å². The van der Waals surface area contributed by atoms with E-state index >= 15 is 0 Å². The second kappa shape index (κ2) is 6.70. The van der Waals surface area contributed by atoms with Gasteiger partial charge in [-0.2, -0.15) is 13.2 Å². The summed E-state index contributed by atoms with van der Waals surface area (Å²) in [6.07, 6.45) is -3.17. The lowest BCUT2D eigenvalue weighted by atomic mass is 10.1. The fourth-order valence-electron chi connectivity index (χ4n) is 2.93. The molecule has 0 saturated heterocycles. The van der Waals surface area contributed by atoms with Gasteiger partial charge in [0.25, 0.3) is 0 Å². The maximum Gasteiger partial charge on any atom is 0.418 e. The number of pyridine rings is 1. The molecular weight excluding hydrogens is 375 g/mol. The fourth-order valence-corrected chi connectivity index (χ4v) is 3.13. The summed E-state index contributed by atoms with van der Waals surface area (Å²) in [4.78, 5) is 8.45. The highest BCUT2D eigenvalue weighted by molar-refractivity contribution is 6.31. The van der Waals surface area contributed by atoms with Crippen LogP contribution in [0.15, 0.2) is 67.0 Å². The topological polar surface area (TPSA) is 30.7 Å². The molecule has 0 N–H and O–H groups in total. The van der Waals surface area contributed by atoms with Crippen LogP contribution in [0.25, 0.3) is 22.4 Å². The van der Waals surface area contributed by atoms with Crippen LogP contribution in [0.3, 0.4) is 0 Å². The lowest BCUT2D eigenvalue weighted by molar-refractivity contribution is -0.136. The summed E-state index contributed by atoms with van der Waals surface area (Å²) >= 11 is 6.19. The minimum Gasteiger partial charge on any atom is -0.311 e. The standard InChI is InChI=1S/C20H13ClF3N3/c21-16-9-5-4-8-14(16)11-27-12-25-18-15(20(22,23)24)10-17(26-19(18)27)13-6-2-1-3-7-13/h1-10,12H,11H2. The molecule has 4 aromatic rings. The van der Waals surface area contributed by atoms with Crippen LogP contribution < -0.4 is 0 Å². The minimum absolute atomic E-state index is 0.170. The number of fused-ring (bicyclic) bond motifs is 1. The molecule has 0 aliphatic carbocycles. The predicted octanol–water partition coefficient (Wildman–Crippen LogP) is 5.82. The van der Waals surface area contributed by atoms with Crippen LogP contribution in [-0.4, -0.2) is 14.5 Å². The third-order valence-electron chi connectivity index (χ3n) is 4.25. The number of alkyl halides is 3. The number of halogens is 4. The van der Waals surface area contributed by atoms with Crippen LogP contribution in [-0.2, 0) is 12.7 Å². The van der Waals surface area contributed by atoms with Crippen LogP contribution in [0.2, 0.25) is 5.02 Å². The molecular formula is C20H13ClF3N3. The molecule has 2 aromatic heterocycles. The molecule has 7 heteroatoms. The van der Waals surface area contributed by atoms with Gasteiger partial charge in [-0.1, -0.05) is 60.1 Å². The van der Waals surface area contributed by atoms with Crippen LogP contribution in [0.4, 0.5) is 13.2 Å². The van der Waals surface area contributed by atoms with Crippen molar-refractivity contribution in [3.63, 3.8) is 0 Å². The van der Waals surface area contributed by atoms with E-state index in [0.717, 1.165) is 11.6 Å². The Morgan fingerprint density at radius 3 is 2.37 bits per heavy atom. The third-order valence-corrected chi connectivity index (χ3v) is 4.61. The van der Waals surface area contributed by atoms with Crippen molar-refractivity contribution in [2.24, 2.45) is 0 Å². The molecule has 0 unspecified atom stereocenters. The first-order valence-electron chi connectivity index (χ1n) is 8.15. The Balaban J connectivity index is 1.91. The van der Waals surface area contributed by atoms with Crippen molar-refractivity contribution in [1.29, 1.82) is 0 Å². The van der Waals surface area contributed by atoms with E-state index in [1.165, 1.54) is 6.33 Å². The van der Waals surface area contributed by atoms with Gasteiger partial charge in [0, 0.05) is 10.6 Å². The van der Waals surface area contributed by atoms with Crippen molar-refractivity contribution in [3.05, 3.63) is 83.1 Å². The molecule has 0 atom stereocenters. The molecule has 0 spiro atoms. The van der Waals surface area contributed by atoms with Gasteiger partial charge in [-0.25, -0.2) is 9.97 Å². The summed E-state index contributed by atoms with van der Waals surface area (Å²) in [5.41, 5.74) is 0.827. The highest BCUT2D eigenvalue weighted by Gasteiger charge is 2.35. The fraction of sp³-hybridized carbons (Fsp3) is 0.100. The van der Waals surface area contributed by atoms with E-state index in [1.807, 2.05) is 12.1 Å². The van der Waals surface area contributed by atoms with Crippen LogP contribution in [0.5, 0.6) is 0 Å². The molecule has 0 saturated carbocycles. The zero-order valence-electron chi connectivity index (χ0n) is 13.9. The van der Waals surface area contributed by atoms with Gasteiger partial charge in [0.1, 0.15) is 5.52 Å². The normalized spacial score (nSPS) is 11.9. The number of hydrogen-bond donors (Lipinski definition) is 0. The Morgan fingerprint density at radius 2 is 1.67 bits per heavy atom. The SMILES string of the molecule is FC(F)(F)c1cc(-c2ccccc2)nc2c1ncn2Cc1ccccc1Cl. The zero-order valence-corrected chi connectivity index (χ0v) is 14.7. The molecule has 0 radical (unpaired) electrons. The van der Waals surface area contributed by atoms with Crippen LogP contribution in [0.1, 0.15) is 11.1 Å². The lowest BCUT2D eigenvalue weighted by Crippen LogP contribution is -2.08. The Bertz CT molecular complexity index is 1100. The van der Waals surface area contributed by atoms with Crippen molar-refractivity contribution in [2.45, 2.75) is 12.7 Å². The highest BCUT2D eigenvalue weighted by Crippen LogP contribution is 2.36. The molecule has 0 bridgehead atoms. The molecule has 0 fully saturated rings. The Labute approximate surface area is 158 Å². The number of hydrogen-bond acceptors (Lipinski definition) is 2. The Kier molecular flexibility index (Phi) is 4.36. The van der Waals surface area contributed by atoms with Gasteiger partial charge in [0.15, 0.2) is 5.65 Å². The molecule has 2 aromatic carbocycles.